The Hall–Kier alpha value is -1.06. The van der Waals surface area contributed by atoms with Crippen molar-refractivity contribution in [1.82, 2.24) is 4.98 Å². The standard InChI is InChI=1S/C13H18F3N/c1-2-3-4-5-6-7-11-10-17-9-8-12(11)13(14,15)16/h8-10H,2-7H2,1H3. The molecule has 0 aliphatic carbocycles. The third-order valence-corrected chi connectivity index (χ3v) is 2.76. The Balaban J connectivity index is 2.53. The summed E-state index contributed by atoms with van der Waals surface area (Å²) < 4.78 is 38.0. The summed E-state index contributed by atoms with van der Waals surface area (Å²) in [7, 11) is 0. The summed E-state index contributed by atoms with van der Waals surface area (Å²) in [5.74, 6) is 0. The first-order valence-corrected chi connectivity index (χ1v) is 6.05. The van der Waals surface area contributed by atoms with Crippen molar-refractivity contribution in [1.29, 1.82) is 0 Å². The first-order chi connectivity index (χ1) is 8.05. The molecule has 0 fully saturated rings. The highest BCUT2D eigenvalue weighted by atomic mass is 19.4. The highest BCUT2D eigenvalue weighted by molar-refractivity contribution is 5.26. The van der Waals surface area contributed by atoms with Gasteiger partial charge < -0.3 is 0 Å². The van der Waals surface area contributed by atoms with Crippen molar-refractivity contribution in [2.45, 2.75) is 51.6 Å². The summed E-state index contributed by atoms with van der Waals surface area (Å²) in [6.45, 7) is 2.11. The average Bonchev–Trinajstić information content (AvgIpc) is 2.28. The van der Waals surface area contributed by atoms with Crippen LogP contribution in [0.3, 0.4) is 0 Å². The fourth-order valence-corrected chi connectivity index (χ4v) is 1.82. The predicted molar refractivity (Wildman–Crippen MR) is 61.7 cm³/mol. The average molecular weight is 245 g/mol. The van der Waals surface area contributed by atoms with E-state index in [0.29, 0.717) is 12.0 Å². The van der Waals surface area contributed by atoms with Crippen LogP contribution in [-0.2, 0) is 12.6 Å². The van der Waals surface area contributed by atoms with Crippen LogP contribution in [0.15, 0.2) is 18.5 Å². The van der Waals surface area contributed by atoms with E-state index in [1.54, 1.807) is 0 Å². The van der Waals surface area contributed by atoms with E-state index >= 15 is 0 Å². The van der Waals surface area contributed by atoms with Gasteiger partial charge in [0.2, 0.25) is 0 Å². The molecule has 1 aromatic heterocycles. The van der Waals surface area contributed by atoms with E-state index in [4.69, 9.17) is 0 Å². The van der Waals surface area contributed by atoms with Gasteiger partial charge in [-0.1, -0.05) is 32.6 Å². The SMILES string of the molecule is CCCCCCCc1cnccc1C(F)(F)F. The molecule has 4 heteroatoms. The third-order valence-electron chi connectivity index (χ3n) is 2.76. The van der Waals surface area contributed by atoms with Crippen LogP contribution in [0.25, 0.3) is 0 Å². The van der Waals surface area contributed by atoms with Gasteiger partial charge in [-0.2, -0.15) is 13.2 Å². The number of nitrogens with zero attached hydrogens (tertiary/aromatic N) is 1. The van der Waals surface area contributed by atoms with Gasteiger partial charge in [0.05, 0.1) is 5.56 Å². The van der Waals surface area contributed by atoms with Gasteiger partial charge in [0, 0.05) is 12.4 Å². The molecule has 0 saturated carbocycles. The number of hydrogen-bond acceptors (Lipinski definition) is 1. The van der Waals surface area contributed by atoms with Crippen LogP contribution in [-0.4, -0.2) is 4.98 Å². The molecule has 0 aromatic carbocycles. The summed E-state index contributed by atoms with van der Waals surface area (Å²) in [5, 5.41) is 0. The van der Waals surface area contributed by atoms with Gasteiger partial charge in [-0.05, 0) is 24.5 Å². The van der Waals surface area contributed by atoms with Crippen molar-refractivity contribution in [3.63, 3.8) is 0 Å². The summed E-state index contributed by atoms with van der Waals surface area (Å²) in [5.41, 5.74) is -0.223. The fraction of sp³-hybridized carbons (Fsp3) is 0.615. The molecule has 0 aliphatic rings. The molecular formula is C13H18F3N. The van der Waals surface area contributed by atoms with E-state index in [2.05, 4.69) is 11.9 Å². The van der Waals surface area contributed by atoms with Gasteiger partial charge in [-0.15, -0.1) is 0 Å². The fourth-order valence-electron chi connectivity index (χ4n) is 1.82. The van der Waals surface area contributed by atoms with Gasteiger partial charge in [0.25, 0.3) is 0 Å². The first kappa shape index (κ1) is 14.0. The molecule has 96 valence electrons. The molecule has 0 spiro atoms. The zero-order chi connectivity index (χ0) is 12.7. The van der Waals surface area contributed by atoms with Crippen LogP contribution in [0.1, 0.15) is 50.2 Å². The maximum Gasteiger partial charge on any atom is 0.416 e. The number of halogens is 3. The maximum absolute atomic E-state index is 12.7. The Morgan fingerprint density at radius 1 is 1.12 bits per heavy atom. The Bertz CT molecular complexity index is 334. The van der Waals surface area contributed by atoms with Crippen molar-refractivity contribution in [2.75, 3.05) is 0 Å². The number of aromatic nitrogens is 1. The second-order valence-electron chi connectivity index (χ2n) is 4.19. The second-order valence-corrected chi connectivity index (χ2v) is 4.19. The minimum absolute atomic E-state index is 0.316. The lowest BCUT2D eigenvalue weighted by Crippen LogP contribution is -2.09. The lowest BCUT2D eigenvalue weighted by atomic mass is 10.0. The van der Waals surface area contributed by atoms with Crippen molar-refractivity contribution in [2.24, 2.45) is 0 Å². The monoisotopic (exact) mass is 245 g/mol. The number of hydrogen-bond donors (Lipinski definition) is 0. The van der Waals surface area contributed by atoms with E-state index in [-0.39, 0.29) is 0 Å². The molecule has 0 N–H and O–H groups in total. The largest absolute Gasteiger partial charge is 0.416 e. The summed E-state index contributed by atoms with van der Waals surface area (Å²) in [4.78, 5) is 3.77. The Morgan fingerprint density at radius 3 is 2.47 bits per heavy atom. The molecule has 1 rings (SSSR count). The van der Waals surface area contributed by atoms with Crippen molar-refractivity contribution >= 4 is 0 Å². The Kier molecular flexibility index (Phi) is 5.45. The van der Waals surface area contributed by atoms with E-state index in [0.717, 1.165) is 38.2 Å². The zero-order valence-electron chi connectivity index (χ0n) is 10.1. The van der Waals surface area contributed by atoms with Crippen LogP contribution >= 0.6 is 0 Å². The van der Waals surface area contributed by atoms with Crippen molar-refractivity contribution in [3.8, 4) is 0 Å². The highest BCUT2D eigenvalue weighted by Crippen LogP contribution is 2.32. The summed E-state index contributed by atoms with van der Waals surface area (Å²) in [6, 6.07) is 1.06. The molecule has 1 nitrogen and oxygen atoms in total. The molecule has 0 bridgehead atoms. The van der Waals surface area contributed by atoms with Crippen LogP contribution in [0.2, 0.25) is 0 Å². The molecule has 0 saturated heterocycles. The Morgan fingerprint density at radius 2 is 1.82 bits per heavy atom. The lowest BCUT2D eigenvalue weighted by Gasteiger charge is -2.11. The first-order valence-electron chi connectivity index (χ1n) is 6.05. The van der Waals surface area contributed by atoms with Gasteiger partial charge in [0.15, 0.2) is 0 Å². The molecule has 0 unspecified atom stereocenters. The number of aryl methyl sites for hydroxylation is 1. The van der Waals surface area contributed by atoms with E-state index < -0.39 is 11.7 Å². The van der Waals surface area contributed by atoms with E-state index in [1.165, 1.54) is 12.4 Å². The van der Waals surface area contributed by atoms with Crippen LogP contribution in [0, 0.1) is 0 Å². The number of rotatable bonds is 6. The quantitative estimate of drug-likeness (QED) is 0.667. The van der Waals surface area contributed by atoms with Crippen LogP contribution in [0.5, 0.6) is 0 Å². The normalized spacial score (nSPS) is 11.8. The minimum atomic E-state index is -4.26. The minimum Gasteiger partial charge on any atom is -0.264 e. The van der Waals surface area contributed by atoms with Crippen LogP contribution < -0.4 is 0 Å². The number of unbranched alkanes of at least 4 members (excludes halogenated alkanes) is 4. The van der Waals surface area contributed by atoms with Crippen LogP contribution in [0.4, 0.5) is 13.2 Å². The van der Waals surface area contributed by atoms with Crippen molar-refractivity contribution < 1.29 is 13.2 Å². The summed E-state index contributed by atoms with van der Waals surface area (Å²) >= 11 is 0. The van der Waals surface area contributed by atoms with Gasteiger partial charge in [0.1, 0.15) is 0 Å². The topological polar surface area (TPSA) is 12.9 Å². The van der Waals surface area contributed by atoms with Crippen molar-refractivity contribution in [3.05, 3.63) is 29.6 Å². The molecule has 1 heterocycles. The molecule has 0 atom stereocenters. The number of alkyl halides is 3. The molecular weight excluding hydrogens is 227 g/mol. The van der Waals surface area contributed by atoms with Gasteiger partial charge in [-0.3, -0.25) is 4.98 Å². The summed E-state index contributed by atoms with van der Waals surface area (Å²) in [6.07, 6.45) is 3.91. The zero-order valence-corrected chi connectivity index (χ0v) is 10.1. The smallest absolute Gasteiger partial charge is 0.264 e. The predicted octanol–water partition coefficient (Wildman–Crippen LogP) is 4.61. The van der Waals surface area contributed by atoms with E-state index in [9.17, 15) is 13.2 Å². The number of pyridine rings is 1. The van der Waals surface area contributed by atoms with Gasteiger partial charge >= 0.3 is 6.18 Å². The van der Waals surface area contributed by atoms with Gasteiger partial charge in [-0.25, -0.2) is 0 Å². The molecule has 0 radical (unpaired) electrons. The van der Waals surface area contributed by atoms with E-state index in [1.807, 2.05) is 0 Å². The maximum atomic E-state index is 12.7. The molecule has 0 amide bonds. The third kappa shape index (κ3) is 4.75. The molecule has 17 heavy (non-hydrogen) atoms. The molecule has 0 aliphatic heterocycles. The Labute approximate surface area is 100 Å². The second kappa shape index (κ2) is 6.62. The highest BCUT2D eigenvalue weighted by Gasteiger charge is 2.32. The lowest BCUT2D eigenvalue weighted by molar-refractivity contribution is -0.138. The molecule has 1 aromatic rings.